The first kappa shape index (κ1) is 12.0. The van der Waals surface area contributed by atoms with Crippen LogP contribution in [0.4, 0.5) is 5.69 Å². The molecule has 5 nitrogen and oxygen atoms in total. The van der Waals surface area contributed by atoms with Crippen molar-refractivity contribution >= 4 is 11.7 Å². The normalized spacial score (nSPS) is 10.1. The van der Waals surface area contributed by atoms with E-state index in [1.165, 1.54) is 0 Å². The number of nitrogens with zero attached hydrogens (tertiary/aromatic N) is 2. The van der Waals surface area contributed by atoms with Gasteiger partial charge >= 0.3 is 5.97 Å². The van der Waals surface area contributed by atoms with Crippen molar-refractivity contribution in [2.24, 2.45) is 0 Å². The van der Waals surface area contributed by atoms with E-state index < -0.39 is 5.97 Å². The molecule has 0 atom stereocenters. The van der Waals surface area contributed by atoms with Crippen molar-refractivity contribution in [3.8, 4) is 0 Å². The van der Waals surface area contributed by atoms with Gasteiger partial charge < -0.3 is 10.5 Å². The monoisotopic (exact) mass is 243 g/mol. The summed E-state index contributed by atoms with van der Waals surface area (Å²) in [6.07, 6.45) is 3.20. The molecule has 1 aromatic carbocycles. The van der Waals surface area contributed by atoms with E-state index in [1.807, 2.05) is 6.92 Å². The smallest absolute Gasteiger partial charge is 0.338 e. The van der Waals surface area contributed by atoms with Gasteiger partial charge in [-0.05, 0) is 30.7 Å². The average molecular weight is 243 g/mol. The molecule has 0 aliphatic heterocycles. The lowest BCUT2D eigenvalue weighted by Gasteiger charge is -2.07. The van der Waals surface area contributed by atoms with E-state index in [-0.39, 0.29) is 6.61 Å². The van der Waals surface area contributed by atoms with Crippen LogP contribution in [-0.4, -0.2) is 15.9 Å². The van der Waals surface area contributed by atoms with Gasteiger partial charge in [0.25, 0.3) is 0 Å². The van der Waals surface area contributed by atoms with Crippen LogP contribution in [0.2, 0.25) is 0 Å². The first-order valence-electron chi connectivity index (χ1n) is 5.46. The largest absolute Gasteiger partial charge is 0.454 e. The Morgan fingerprint density at radius 2 is 2.06 bits per heavy atom. The molecule has 0 aliphatic carbocycles. The van der Waals surface area contributed by atoms with Gasteiger partial charge in [0, 0.05) is 18.1 Å². The molecular weight excluding hydrogens is 230 g/mol. The van der Waals surface area contributed by atoms with Crippen LogP contribution >= 0.6 is 0 Å². The van der Waals surface area contributed by atoms with Crippen LogP contribution in [-0.2, 0) is 11.3 Å². The Morgan fingerprint density at radius 3 is 2.78 bits per heavy atom. The van der Waals surface area contributed by atoms with Gasteiger partial charge in [0.05, 0.1) is 5.56 Å². The Balaban J connectivity index is 2.06. The average Bonchev–Trinajstić information content (AvgIpc) is 2.40. The van der Waals surface area contributed by atoms with Crippen LogP contribution in [0.1, 0.15) is 21.7 Å². The third kappa shape index (κ3) is 2.82. The number of nitrogens with two attached hydrogens (primary N) is 1. The molecule has 0 unspecified atom stereocenters. The summed E-state index contributed by atoms with van der Waals surface area (Å²) in [4.78, 5) is 19.8. The quantitative estimate of drug-likeness (QED) is 0.656. The van der Waals surface area contributed by atoms with Crippen molar-refractivity contribution in [2.45, 2.75) is 13.5 Å². The van der Waals surface area contributed by atoms with Crippen molar-refractivity contribution in [3.63, 3.8) is 0 Å². The summed E-state index contributed by atoms with van der Waals surface area (Å²) in [6, 6.07) is 6.83. The molecule has 0 fully saturated rings. The van der Waals surface area contributed by atoms with E-state index in [0.29, 0.717) is 17.1 Å². The van der Waals surface area contributed by atoms with Crippen molar-refractivity contribution in [1.29, 1.82) is 0 Å². The van der Waals surface area contributed by atoms with Crippen LogP contribution < -0.4 is 5.73 Å². The lowest BCUT2D eigenvalue weighted by atomic mass is 10.1. The van der Waals surface area contributed by atoms with E-state index in [4.69, 9.17) is 10.5 Å². The Kier molecular flexibility index (Phi) is 3.52. The maximum Gasteiger partial charge on any atom is 0.338 e. The SMILES string of the molecule is Cc1ccc(N)cc1C(=O)OCc1ncccn1. The number of rotatable bonds is 3. The predicted octanol–water partition coefficient (Wildman–Crippen LogP) is 1.72. The summed E-state index contributed by atoms with van der Waals surface area (Å²) in [6.45, 7) is 1.88. The maximum atomic E-state index is 11.9. The number of ether oxygens (including phenoxy) is 1. The van der Waals surface area contributed by atoms with Crippen LogP contribution in [0.25, 0.3) is 0 Å². The first-order chi connectivity index (χ1) is 8.66. The molecular formula is C13H13N3O2. The number of benzene rings is 1. The number of carbonyl (C=O) groups excluding carboxylic acids is 1. The third-order valence-corrected chi connectivity index (χ3v) is 2.43. The van der Waals surface area contributed by atoms with Gasteiger partial charge in [0.1, 0.15) is 0 Å². The molecule has 1 heterocycles. The van der Waals surface area contributed by atoms with Gasteiger partial charge in [-0.15, -0.1) is 0 Å². The molecule has 1 aromatic heterocycles. The highest BCUT2D eigenvalue weighted by molar-refractivity contribution is 5.92. The number of anilines is 1. The zero-order valence-corrected chi connectivity index (χ0v) is 9.96. The summed E-state index contributed by atoms with van der Waals surface area (Å²) >= 11 is 0. The Bertz CT molecular complexity index is 555. The van der Waals surface area contributed by atoms with Crippen molar-refractivity contribution in [3.05, 3.63) is 53.6 Å². The van der Waals surface area contributed by atoms with Crippen LogP contribution in [0.15, 0.2) is 36.7 Å². The van der Waals surface area contributed by atoms with E-state index in [2.05, 4.69) is 9.97 Å². The number of hydrogen-bond donors (Lipinski definition) is 1. The first-order valence-corrected chi connectivity index (χ1v) is 5.46. The van der Waals surface area contributed by atoms with Gasteiger partial charge in [-0.3, -0.25) is 0 Å². The van der Waals surface area contributed by atoms with Crippen molar-refractivity contribution in [2.75, 3.05) is 5.73 Å². The summed E-state index contributed by atoms with van der Waals surface area (Å²) in [5.41, 5.74) is 7.46. The minimum atomic E-state index is -0.424. The molecule has 0 aliphatic rings. The zero-order valence-electron chi connectivity index (χ0n) is 9.96. The second kappa shape index (κ2) is 5.27. The molecule has 5 heteroatoms. The van der Waals surface area contributed by atoms with Crippen molar-refractivity contribution < 1.29 is 9.53 Å². The van der Waals surface area contributed by atoms with Gasteiger partial charge in [-0.25, -0.2) is 14.8 Å². The van der Waals surface area contributed by atoms with Crippen LogP contribution in [0, 0.1) is 6.92 Å². The molecule has 0 saturated carbocycles. The van der Waals surface area contributed by atoms with Crippen LogP contribution in [0.5, 0.6) is 0 Å². The van der Waals surface area contributed by atoms with E-state index in [9.17, 15) is 4.79 Å². The van der Waals surface area contributed by atoms with Gasteiger partial charge in [-0.1, -0.05) is 6.07 Å². The predicted molar refractivity (Wildman–Crippen MR) is 66.7 cm³/mol. The fourth-order valence-electron chi connectivity index (χ4n) is 1.47. The molecule has 0 amide bonds. The molecule has 2 rings (SSSR count). The van der Waals surface area contributed by atoms with E-state index in [1.54, 1.807) is 36.7 Å². The van der Waals surface area contributed by atoms with E-state index >= 15 is 0 Å². The lowest BCUT2D eigenvalue weighted by molar-refractivity contribution is 0.0461. The van der Waals surface area contributed by atoms with Gasteiger partial charge in [-0.2, -0.15) is 0 Å². The molecule has 0 bridgehead atoms. The minimum Gasteiger partial charge on any atom is -0.454 e. The Labute approximate surface area is 105 Å². The van der Waals surface area contributed by atoms with Gasteiger partial charge in [0.2, 0.25) is 0 Å². The van der Waals surface area contributed by atoms with Crippen molar-refractivity contribution in [1.82, 2.24) is 9.97 Å². The molecule has 2 aromatic rings. The van der Waals surface area contributed by atoms with Crippen LogP contribution in [0.3, 0.4) is 0 Å². The highest BCUT2D eigenvalue weighted by Gasteiger charge is 2.11. The number of aromatic nitrogens is 2. The fourth-order valence-corrected chi connectivity index (χ4v) is 1.47. The highest BCUT2D eigenvalue weighted by Crippen LogP contribution is 2.14. The van der Waals surface area contributed by atoms with Gasteiger partial charge in [0.15, 0.2) is 12.4 Å². The summed E-state index contributed by atoms with van der Waals surface area (Å²) in [5, 5.41) is 0. The number of hydrogen-bond acceptors (Lipinski definition) is 5. The number of aryl methyl sites for hydroxylation is 1. The summed E-state index contributed by atoms with van der Waals surface area (Å²) in [5.74, 6) is 0.0414. The Hall–Kier alpha value is -2.43. The topological polar surface area (TPSA) is 78.1 Å². The summed E-state index contributed by atoms with van der Waals surface area (Å²) in [7, 11) is 0. The second-order valence-corrected chi connectivity index (χ2v) is 3.82. The highest BCUT2D eigenvalue weighted by atomic mass is 16.5. The molecule has 18 heavy (non-hydrogen) atoms. The minimum absolute atomic E-state index is 0.0495. The standard InChI is InChI=1S/C13H13N3O2/c1-9-3-4-10(14)7-11(9)13(17)18-8-12-15-5-2-6-16-12/h2-7H,8,14H2,1H3. The number of esters is 1. The zero-order chi connectivity index (χ0) is 13.0. The maximum absolute atomic E-state index is 11.9. The molecule has 0 radical (unpaired) electrons. The lowest BCUT2D eigenvalue weighted by Crippen LogP contribution is -2.09. The number of carbonyl (C=O) groups is 1. The molecule has 0 saturated heterocycles. The number of nitrogen functional groups attached to an aromatic ring is 1. The Morgan fingerprint density at radius 1 is 1.33 bits per heavy atom. The summed E-state index contributed by atoms with van der Waals surface area (Å²) < 4.78 is 5.13. The molecule has 92 valence electrons. The fraction of sp³-hybridized carbons (Fsp3) is 0.154. The second-order valence-electron chi connectivity index (χ2n) is 3.82. The molecule has 2 N–H and O–H groups in total. The van der Waals surface area contributed by atoms with E-state index in [0.717, 1.165) is 5.56 Å². The third-order valence-electron chi connectivity index (χ3n) is 2.43. The molecule has 0 spiro atoms.